The number of rotatable bonds is 7. The van der Waals surface area contributed by atoms with E-state index >= 15 is 0 Å². The third-order valence-electron chi connectivity index (χ3n) is 7.80. The summed E-state index contributed by atoms with van der Waals surface area (Å²) in [4.78, 5) is 27.7. The standard InChI is InChI=1S/C30H33BN2O6/c1-29(2)30(3,4)39-31(38-29)20(14-19-15-26(32-16-19)27(34)36-5)17-33-28(35)37-18-25-23-12-8-6-10-21(23)22-11-7-9-13-24(22)25/h6-16,25,32H,17-18H2,1-5H3,(H,33,35). The van der Waals surface area contributed by atoms with E-state index in [9.17, 15) is 9.59 Å². The molecule has 0 radical (unpaired) electrons. The first-order chi connectivity index (χ1) is 18.6. The van der Waals surface area contributed by atoms with Crippen molar-refractivity contribution in [2.24, 2.45) is 0 Å². The van der Waals surface area contributed by atoms with Crippen LogP contribution in [0.1, 0.15) is 60.8 Å². The summed E-state index contributed by atoms with van der Waals surface area (Å²) in [7, 11) is 0.632. The minimum absolute atomic E-state index is 0.0298. The van der Waals surface area contributed by atoms with Crippen molar-refractivity contribution in [3.05, 3.63) is 88.7 Å². The maximum atomic E-state index is 12.9. The Kier molecular flexibility index (Phi) is 7.14. The Labute approximate surface area is 228 Å². The number of aromatic amines is 1. The largest absolute Gasteiger partial charge is 0.492 e. The second kappa shape index (κ2) is 10.4. The van der Waals surface area contributed by atoms with Crippen LogP contribution < -0.4 is 5.32 Å². The Balaban J connectivity index is 1.30. The van der Waals surface area contributed by atoms with Gasteiger partial charge in [0.1, 0.15) is 12.3 Å². The van der Waals surface area contributed by atoms with Crippen molar-refractivity contribution in [2.75, 3.05) is 20.3 Å². The fourth-order valence-corrected chi connectivity index (χ4v) is 4.96. The summed E-state index contributed by atoms with van der Waals surface area (Å²) in [6.07, 6.45) is 2.98. The van der Waals surface area contributed by atoms with Crippen molar-refractivity contribution in [1.29, 1.82) is 0 Å². The van der Waals surface area contributed by atoms with Crippen LogP contribution >= 0.6 is 0 Å². The van der Waals surface area contributed by atoms with E-state index in [4.69, 9.17) is 18.8 Å². The first-order valence-electron chi connectivity index (χ1n) is 13.0. The van der Waals surface area contributed by atoms with Crippen molar-refractivity contribution < 1.29 is 28.4 Å². The summed E-state index contributed by atoms with van der Waals surface area (Å²) in [6.45, 7) is 8.22. The van der Waals surface area contributed by atoms with Gasteiger partial charge in [-0.25, -0.2) is 9.59 Å². The molecule has 202 valence electrons. The highest BCUT2D eigenvalue weighted by molar-refractivity contribution is 6.56. The van der Waals surface area contributed by atoms with Crippen molar-refractivity contribution in [3.8, 4) is 11.1 Å². The van der Waals surface area contributed by atoms with Crippen molar-refractivity contribution in [3.63, 3.8) is 0 Å². The summed E-state index contributed by atoms with van der Waals surface area (Å²) in [6, 6.07) is 18.1. The van der Waals surface area contributed by atoms with Gasteiger partial charge in [0, 0.05) is 18.7 Å². The van der Waals surface area contributed by atoms with Gasteiger partial charge >= 0.3 is 19.2 Å². The molecule has 2 N–H and O–H groups in total. The lowest BCUT2D eigenvalue weighted by atomic mass is 9.77. The highest BCUT2D eigenvalue weighted by atomic mass is 16.7. The van der Waals surface area contributed by atoms with Crippen molar-refractivity contribution in [2.45, 2.75) is 44.8 Å². The second-order valence-electron chi connectivity index (χ2n) is 10.8. The van der Waals surface area contributed by atoms with Gasteiger partial charge in [0.15, 0.2) is 0 Å². The number of alkyl carbamates (subject to hydrolysis) is 1. The molecule has 1 amide bonds. The van der Waals surface area contributed by atoms with Gasteiger partial charge in [0.05, 0.1) is 18.3 Å². The van der Waals surface area contributed by atoms with Gasteiger partial charge in [-0.1, -0.05) is 54.6 Å². The highest BCUT2D eigenvalue weighted by Crippen LogP contribution is 2.44. The molecule has 2 aliphatic rings. The normalized spacial score (nSPS) is 17.5. The van der Waals surface area contributed by atoms with Crippen LogP contribution in [-0.4, -0.2) is 55.6 Å². The number of hydrogen-bond donors (Lipinski definition) is 2. The molecule has 0 saturated carbocycles. The molecule has 0 atom stereocenters. The summed E-state index contributed by atoms with van der Waals surface area (Å²) in [5.74, 6) is -0.499. The number of amides is 1. The van der Waals surface area contributed by atoms with E-state index in [0.29, 0.717) is 11.2 Å². The number of H-pyrrole nitrogens is 1. The Morgan fingerprint density at radius 1 is 1.00 bits per heavy atom. The minimum atomic E-state index is -0.694. The quantitative estimate of drug-likeness (QED) is 0.317. The predicted octanol–water partition coefficient (Wildman–Crippen LogP) is 5.35. The second-order valence-corrected chi connectivity index (χ2v) is 10.8. The highest BCUT2D eigenvalue weighted by Gasteiger charge is 2.52. The molecule has 5 rings (SSSR count). The van der Waals surface area contributed by atoms with E-state index in [1.807, 2.05) is 58.0 Å². The average Bonchev–Trinajstić information content (AvgIpc) is 3.57. The van der Waals surface area contributed by atoms with Gasteiger partial charge < -0.3 is 29.1 Å². The smallest absolute Gasteiger partial charge is 0.464 e. The molecule has 2 aromatic carbocycles. The lowest BCUT2D eigenvalue weighted by Crippen LogP contribution is -2.41. The summed E-state index contributed by atoms with van der Waals surface area (Å²) in [5, 5.41) is 2.86. The van der Waals surface area contributed by atoms with Crippen LogP contribution in [0.2, 0.25) is 0 Å². The number of ether oxygens (including phenoxy) is 2. The molecular formula is C30H33BN2O6. The van der Waals surface area contributed by atoms with E-state index in [1.54, 1.807) is 12.3 Å². The number of esters is 1. The maximum absolute atomic E-state index is 12.9. The summed E-state index contributed by atoms with van der Waals surface area (Å²) in [5.41, 5.74) is 5.24. The van der Waals surface area contributed by atoms with Crippen LogP contribution in [0.15, 0.2) is 66.3 Å². The molecule has 1 aromatic heterocycles. The molecule has 9 heteroatoms. The SMILES string of the molecule is COC(=O)c1cc(C=C(CNC(=O)OCC2c3ccccc3-c3ccccc32)B2OC(C)(C)C(C)(C)O2)c[nH]1. The number of nitrogens with one attached hydrogen (secondary N) is 2. The first kappa shape index (κ1) is 26.8. The molecule has 1 saturated heterocycles. The Bertz CT molecular complexity index is 1360. The topological polar surface area (TPSA) is 98.9 Å². The fraction of sp³-hybridized carbons (Fsp3) is 0.333. The third-order valence-corrected chi connectivity index (χ3v) is 7.80. The predicted molar refractivity (Wildman–Crippen MR) is 149 cm³/mol. The zero-order valence-electron chi connectivity index (χ0n) is 22.9. The number of fused-ring (bicyclic) bond motifs is 3. The zero-order valence-corrected chi connectivity index (χ0v) is 22.9. The van der Waals surface area contributed by atoms with Crippen molar-refractivity contribution >= 4 is 25.3 Å². The van der Waals surface area contributed by atoms with E-state index in [0.717, 1.165) is 16.7 Å². The van der Waals surface area contributed by atoms with Crippen LogP contribution in [0.3, 0.4) is 0 Å². The molecule has 3 aromatic rings. The number of benzene rings is 2. The van der Waals surface area contributed by atoms with Crippen LogP contribution in [0.4, 0.5) is 4.79 Å². The van der Waals surface area contributed by atoms with Gasteiger partial charge in [-0.05, 0) is 67.1 Å². The first-order valence-corrected chi connectivity index (χ1v) is 13.0. The Morgan fingerprint density at radius 3 is 2.18 bits per heavy atom. The van der Waals surface area contributed by atoms with Crippen LogP contribution in [0, 0.1) is 0 Å². The molecule has 1 fully saturated rings. The lowest BCUT2D eigenvalue weighted by molar-refractivity contribution is 0.00578. The number of hydrogen-bond acceptors (Lipinski definition) is 6. The van der Waals surface area contributed by atoms with Gasteiger partial charge in [-0.3, -0.25) is 0 Å². The Morgan fingerprint density at radius 2 is 1.59 bits per heavy atom. The van der Waals surface area contributed by atoms with Crippen LogP contribution in [0.5, 0.6) is 0 Å². The zero-order chi connectivity index (χ0) is 27.8. The van der Waals surface area contributed by atoms with Gasteiger partial charge in [0.25, 0.3) is 0 Å². The van der Waals surface area contributed by atoms with Crippen LogP contribution in [0.25, 0.3) is 17.2 Å². The fourth-order valence-electron chi connectivity index (χ4n) is 4.96. The van der Waals surface area contributed by atoms with Crippen LogP contribution in [-0.2, 0) is 18.8 Å². The lowest BCUT2D eigenvalue weighted by Gasteiger charge is -2.32. The van der Waals surface area contributed by atoms with Gasteiger partial charge in [0.2, 0.25) is 0 Å². The molecule has 0 bridgehead atoms. The molecule has 39 heavy (non-hydrogen) atoms. The molecule has 8 nitrogen and oxygen atoms in total. The molecule has 0 spiro atoms. The van der Waals surface area contributed by atoms with E-state index < -0.39 is 30.4 Å². The summed E-state index contributed by atoms with van der Waals surface area (Å²) < 4.78 is 23.0. The van der Waals surface area contributed by atoms with Gasteiger partial charge in [-0.15, -0.1) is 0 Å². The molecule has 0 unspecified atom stereocenters. The average molecular weight is 528 g/mol. The monoisotopic (exact) mass is 528 g/mol. The summed E-state index contributed by atoms with van der Waals surface area (Å²) >= 11 is 0. The van der Waals surface area contributed by atoms with E-state index in [1.165, 1.54) is 18.2 Å². The van der Waals surface area contributed by atoms with E-state index in [2.05, 4.69) is 34.6 Å². The number of carbonyl (C=O) groups is 2. The Hall–Kier alpha value is -3.82. The third kappa shape index (κ3) is 5.24. The van der Waals surface area contributed by atoms with Gasteiger partial charge in [-0.2, -0.15) is 0 Å². The number of methoxy groups -OCH3 is 1. The molecule has 1 aliphatic carbocycles. The van der Waals surface area contributed by atoms with E-state index in [-0.39, 0.29) is 19.1 Å². The maximum Gasteiger partial charge on any atom is 0.492 e. The van der Waals surface area contributed by atoms with Crippen molar-refractivity contribution in [1.82, 2.24) is 10.3 Å². The number of carbonyl (C=O) groups excluding carboxylic acids is 2. The molecule has 1 aliphatic heterocycles. The molecule has 2 heterocycles. The minimum Gasteiger partial charge on any atom is -0.464 e. The molecular weight excluding hydrogens is 495 g/mol. The number of aromatic nitrogens is 1.